The summed E-state index contributed by atoms with van der Waals surface area (Å²) >= 11 is 6.03. The Balaban J connectivity index is 1.99. The standard InChI is InChI=1S/C15H16ClN3O/c1-3-12-9-14(19-18-12)17-15(20)7-6-11-5-4-10(2)13(16)8-11/h4-9H,3H2,1-2H3,(H2,17,18,19,20)/b7-6+. The number of amides is 1. The van der Waals surface area contributed by atoms with Gasteiger partial charge in [-0.15, -0.1) is 0 Å². The number of aryl methyl sites for hydroxylation is 2. The number of benzene rings is 1. The monoisotopic (exact) mass is 289 g/mol. The fourth-order valence-corrected chi connectivity index (χ4v) is 1.85. The number of carbonyl (C=O) groups excluding carboxylic acids is 1. The molecule has 1 aromatic heterocycles. The maximum Gasteiger partial charge on any atom is 0.249 e. The minimum Gasteiger partial charge on any atom is -0.306 e. The van der Waals surface area contributed by atoms with Gasteiger partial charge in [-0.25, -0.2) is 0 Å². The number of hydrogen-bond acceptors (Lipinski definition) is 2. The van der Waals surface area contributed by atoms with Crippen molar-refractivity contribution in [3.8, 4) is 0 Å². The van der Waals surface area contributed by atoms with Crippen LogP contribution in [0.15, 0.2) is 30.3 Å². The molecule has 0 saturated carbocycles. The van der Waals surface area contributed by atoms with Gasteiger partial charge in [-0.05, 0) is 36.6 Å². The lowest BCUT2D eigenvalue weighted by Crippen LogP contribution is -2.07. The van der Waals surface area contributed by atoms with Crippen molar-refractivity contribution < 1.29 is 4.79 Å². The molecule has 0 bridgehead atoms. The van der Waals surface area contributed by atoms with Gasteiger partial charge >= 0.3 is 0 Å². The fraction of sp³-hybridized carbons (Fsp3) is 0.200. The molecule has 0 aliphatic rings. The Labute approximate surface area is 122 Å². The molecule has 2 aromatic rings. The van der Waals surface area contributed by atoms with E-state index in [9.17, 15) is 4.79 Å². The number of hydrogen-bond donors (Lipinski definition) is 2. The van der Waals surface area contributed by atoms with E-state index in [0.29, 0.717) is 10.8 Å². The molecule has 0 unspecified atom stereocenters. The summed E-state index contributed by atoms with van der Waals surface area (Å²) in [5, 5.41) is 10.2. The van der Waals surface area contributed by atoms with Crippen molar-refractivity contribution in [3.05, 3.63) is 52.2 Å². The second-order valence-corrected chi connectivity index (χ2v) is 4.87. The van der Waals surface area contributed by atoms with E-state index in [1.54, 1.807) is 6.08 Å². The number of nitrogens with zero attached hydrogens (tertiary/aromatic N) is 1. The molecular formula is C15H16ClN3O. The van der Waals surface area contributed by atoms with Gasteiger partial charge in [0.05, 0.1) is 0 Å². The van der Waals surface area contributed by atoms with Gasteiger partial charge in [-0.1, -0.05) is 30.7 Å². The van der Waals surface area contributed by atoms with Crippen molar-refractivity contribution in [2.24, 2.45) is 0 Å². The molecule has 2 rings (SSSR count). The minimum absolute atomic E-state index is 0.226. The van der Waals surface area contributed by atoms with Crippen LogP contribution in [0.1, 0.15) is 23.7 Å². The van der Waals surface area contributed by atoms with Crippen LogP contribution in [0.25, 0.3) is 6.08 Å². The third kappa shape index (κ3) is 3.71. The average molecular weight is 290 g/mol. The molecule has 0 spiro atoms. The molecule has 1 amide bonds. The summed E-state index contributed by atoms with van der Waals surface area (Å²) in [4.78, 5) is 11.8. The Bertz CT molecular complexity index is 646. The highest BCUT2D eigenvalue weighted by Crippen LogP contribution is 2.17. The topological polar surface area (TPSA) is 57.8 Å². The highest BCUT2D eigenvalue weighted by Gasteiger charge is 2.02. The quantitative estimate of drug-likeness (QED) is 0.845. The van der Waals surface area contributed by atoms with Gasteiger partial charge in [0.15, 0.2) is 5.82 Å². The van der Waals surface area contributed by atoms with Crippen LogP contribution in [-0.2, 0) is 11.2 Å². The lowest BCUT2D eigenvalue weighted by atomic mass is 10.1. The average Bonchev–Trinajstić information content (AvgIpc) is 2.88. The van der Waals surface area contributed by atoms with Crippen LogP contribution < -0.4 is 5.32 Å². The first-order valence-corrected chi connectivity index (χ1v) is 6.76. The second-order valence-electron chi connectivity index (χ2n) is 4.46. The largest absolute Gasteiger partial charge is 0.306 e. The molecule has 1 heterocycles. The predicted molar refractivity (Wildman–Crippen MR) is 81.8 cm³/mol. The van der Waals surface area contributed by atoms with Crippen LogP contribution in [-0.4, -0.2) is 16.1 Å². The fourth-order valence-electron chi connectivity index (χ4n) is 1.66. The van der Waals surface area contributed by atoms with Crippen LogP contribution in [0.2, 0.25) is 5.02 Å². The smallest absolute Gasteiger partial charge is 0.249 e. The Morgan fingerprint density at radius 2 is 2.25 bits per heavy atom. The molecule has 1 aromatic carbocycles. The first-order chi connectivity index (χ1) is 9.58. The zero-order valence-corrected chi connectivity index (χ0v) is 12.2. The van der Waals surface area contributed by atoms with Crippen LogP contribution in [0.4, 0.5) is 5.82 Å². The number of anilines is 1. The predicted octanol–water partition coefficient (Wildman–Crippen LogP) is 3.59. The molecule has 0 atom stereocenters. The number of H-pyrrole nitrogens is 1. The SMILES string of the molecule is CCc1cc(NC(=O)/C=C/c2ccc(C)c(Cl)c2)n[nH]1. The van der Waals surface area contributed by atoms with Gasteiger partial charge in [-0.3, -0.25) is 9.89 Å². The first-order valence-electron chi connectivity index (χ1n) is 6.38. The van der Waals surface area contributed by atoms with Crippen molar-refractivity contribution in [2.45, 2.75) is 20.3 Å². The summed E-state index contributed by atoms with van der Waals surface area (Å²) in [6, 6.07) is 7.47. The van der Waals surface area contributed by atoms with Crippen molar-refractivity contribution in [2.75, 3.05) is 5.32 Å². The number of aromatic nitrogens is 2. The second kappa shape index (κ2) is 6.39. The van der Waals surface area contributed by atoms with E-state index in [-0.39, 0.29) is 5.91 Å². The molecule has 0 saturated heterocycles. The Kier molecular flexibility index (Phi) is 4.58. The Morgan fingerprint density at radius 1 is 1.45 bits per heavy atom. The minimum atomic E-state index is -0.226. The molecule has 4 nitrogen and oxygen atoms in total. The first kappa shape index (κ1) is 14.3. The van der Waals surface area contributed by atoms with Crippen molar-refractivity contribution >= 4 is 29.4 Å². The van der Waals surface area contributed by atoms with Crippen molar-refractivity contribution in [3.63, 3.8) is 0 Å². The van der Waals surface area contributed by atoms with Gasteiger partial charge in [0, 0.05) is 22.9 Å². The highest BCUT2D eigenvalue weighted by atomic mass is 35.5. The summed E-state index contributed by atoms with van der Waals surface area (Å²) in [6.45, 7) is 3.95. The zero-order chi connectivity index (χ0) is 14.5. The van der Waals surface area contributed by atoms with E-state index in [2.05, 4.69) is 15.5 Å². The number of rotatable bonds is 4. The van der Waals surface area contributed by atoms with E-state index >= 15 is 0 Å². The molecule has 0 aliphatic heterocycles. The highest BCUT2D eigenvalue weighted by molar-refractivity contribution is 6.31. The normalized spacial score (nSPS) is 10.9. The maximum absolute atomic E-state index is 11.8. The number of carbonyl (C=O) groups is 1. The van der Waals surface area contributed by atoms with Crippen LogP contribution in [0.5, 0.6) is 0 Å². The lowest BCUT2D eigenvalue weighted by molar-refractivity contribution is -0.111. The van der Waals surface area contributed by atoms with Crippen molar-refractivity contribution in [1.29, 1.82) is 0 Å². The van der Waals surface area contributed by atoms with E-state index in [0.717, 1.165) is 23.2 Å². The molecule has 5 heteroatoms. The van der Waals surface area contributed by atoms with Gasteiger partial charge in [0.2, 0.25) is 5.91 Å². The van der Waals surface area contributed by atoms with Crippen LogP contribution in [0, 0.1) is 6.92 Å². The maximum atomic E-state index is 11.8. The number of halogens is 1. The van der Waals surface area contributed by atoms with Gasteiger partial charge in [-0.2, -0.15) is 5.10 Å². The summed E-state index contributed by atoms with van der Waals surface area (Å²) < 4.78 is 0. The molecule has 0 fully saturated rings. The van der Waals surface area contributed by atoms with Gasteiger partial charge in [0.1, 0.15) is 0 Å². The van der Waals surface area contributed by atoms with Crippen LogP contribution >= 0.6 is 11.6 Å². The lowest BCUT2D eigenvalue weighted by Gasteiger charge is -1.99. The summed E-state index contributed by atoms with van der Waals surface area (Å²) in [5.41, 5.74) is 2.87. The van der Waals surface area contributed by atoms with Gasteiger partial charge < -0.3 is 5.32 Å². The third-order valence-corrected chi connectivity index (χ3v) is 3.29. The van der Waals surface area contributed by atoms with E-state index in [4.69, 9.17) is 11.6 Å². The molecule has 0 radical (unpaired) electrons. The molecular weight excluding hydrogens is 274 g/mol. The molecule has 2 N–H and O–H groups in total. The zero-order valence-electron chi connectivity index (χ0n) is 11.4. The van der Waals surface area contributed by atoms with Crippen molar-refractivity contribution in [1.82, 2.24) is 10.2 Å². The Morgan fingerprint density at radius 3 is 2.90 bits per heavy atom. The number of aromatic amines is 1. The summed E-state index contributed by atoms with van der Waals surface area (Å²) in [7, 11) is 0. The summed E-state index contributed by atoms with van der Waals surface area (Å²) in [5.74, 6) is 0.300. The van der Waals surface area contributed by atoms with Gasteiger partial charge in [0.25, 0.3) is 0 Å². The van der Waals surface area contributed by atoms with Crippen LogP contribution in [0.3, 0.4) is 0 Å². The molecule has 0 aliphatic carbocycles. The Hall–Kier alpha value is -2.07. The van der Waals surface area contributed by atoms with E-state index in [1.165, 1.54) is 6.08 Å². The number of nitrogens with one attached hydrogen (secondary N) is 2. The van der Waals surface area contributed by atoms with E-state index in [1.807, 2.05) is 38.1 Å². The van der Waals surface area contributed by atoms with E-state index < -0.39 is 0 Å². The molecule has 20 heavy (non-hydrogen) atoms. The third-order valence-electron chi connectivity index (χ3n) is 2.89. The summed E-state index contributed by atoms with van der Waals surface area (Å²) in [6.07, 6.45) is 4.02. The molecule has 104 valence electrons.